The third kappa shape index (κ3) is 2.58. The van der Waals surface area contributed by atoms with Crippen LogP contribution in [0.15, 0.2) is 24.3 Å². The molecule has 1 aromatic carbocycles. The van der Waals surface area contributed by atoms with Crippen molar-refractivity contribution >= 4 is 20.7 Å². The van der Waals surface area contributed by atoms with Crippen LogP contribution in [0, 0.1) is 5.41 Å². The van der Waals surface area contributed by atoms with Crippen LogP contribution >= 0.6 is 0 Å². The van der Waals surface area contributed by atoms with Crippen LogP contribution in [0.1, 0.15) is 19.0 Å². The van der Waals surface area contributed by atoms with Gasteiger partial charge >= 0.3 is 0 Å². The molecule has 2 heterocycles. The summed E-state index contributed by atoms with van der Waals surface area (Å²) in [5.41, 5.74) is 7.64. The molecule has 1 aromatic heterocycles. The number of aromatic nitrogens is 2. The maximum atomic E-state index is 11.8. The highest BCUT2D eigenvalue weighted by Crippen LogP contribution is 2.36. The average Bonchev–Trinajstić information content (AvgIpc) is 2.98. The van der Waals surface area contributed by atoms with Crippen molar-refractivity contribution in [2.24, 2.45) is 11.1 Å². The van der Waals surface area contributed by atoms with Gasteiger partial charge in [0.25, 0.3) is 0 Å². The van der Waals surface area contributed by atoms with E-state index < -0.39 is 9.84 Å². The Bertz CT molecular complexity index is 766. The molecule has 1 unspecified atom stereocenters. The first kappa shape index (κ1) is 14.5. The SMILES string of the molecule is CCn1nc(CC2(CN)CCS(=O)(=O)C2)c2ccccc21. The molecule has 6 heteroatoms. The van der Waals surface area contributed by atoms with Crippen molar-refractivity contribution in [1.82, 2.24) is 9.78 Å². The van der Waals surface area contributed by atoms with Gasteiger partial charge < -0.3 is 5.73 Å². The maximum absolute atomic E-state index is 11.8. The average molecular weight is 307 g/mol. The minimum absolute atomic E-state index is 0.184. The zero-order valence-electron chi connectivity index (χ0n) is 12.2. The van der Waals surface area contributed by atoms with E-state index >= 15 is 0 Å². The monoisotopic (exact) mass is 307 g/mol. The summed E-state index contributed by atoms with van der Waals surface area (Å²) in [4.78, 5) is 0. The number of rotatable bonds is 4. The van der Waals surface area contributed by atoms with Crippen LogP contribution in [0.4, 0.5) is 0 Å². The Kier molecular flexibility index (Phi) is 3.53. The van der Waals surface area contributed by atoms with Crippen LogP contribution in [-0.4, -0.2) is 36.2 Å². The van der Waals surface area contributed by atoms with Crippen LogP contribution in [-0.2, 0) is 22.8 Å². The smallest absolute Gasteiger partial charge is 0.150 e. The van der Waals surface area contributed by atoms with E-state index in [1.165, 1.54) is 0 Å². The summed E-state index contributed by atoms with van der Waals surface area (Å²) < 4.78 is 25.6. The summed E-state index contributed by atoms with van der Waals surface area (Å²) in [7, 11) is -2.95. The number of hydrogen-bond acceptors (Lipinski definition) is 4. The third-order valence-electron chi connectivity index (χ3n) is 4.48. The standard InChI is InChI=1S/C15H21N3O2S/c1-2-18-14-6-4-3-5-12(14)13(17-18)9-15(10-16)7-8-21(19,20)11-15/h3-6H,2,7-11,16H2,1H3. The first-order chi connectivity index (χ1) is 9.99. The second-order valence-electron chi connectivity index (χ2n) is 6.00. The lowest BCUT2D eigenvalue weighted by Gasteiger charge is -2.24. The lowest BCUT2D eigenvalue weighted by atomic mass is 9.82. The first-order valence-corrected chi connectivity index (χ1v) is 9.16. The molecule has 5 nitrogen and oxygen atoms in total. The van der Waals surface area contributed by atoms with Crippen molar-refractivity contribution in [3.05, 3.63) is 30.0 Å². The van der Waals surface area contributed by atoms with Crippen molar-refractivity contribution in [2.75, 3.05) is 18.1 Å². The van der Waals surface area contributed by atoms with Gasteiger partial charge in [0.05, 0.1) is 22.7 Å². The molecule has 1 fully saturated rings. The quantitative estimate of drug-likeness (QED) is 0.925. The van der Waals surface area contributed by atoms with Gasteiger partial charge in [0.1, 0.15) is 0 Å². The molecule has 21 heavy (non-hydrogen) atoms. The highest BCUT2D eigenvalue weighted by atomic mass is 32.2. The van der Waals surface area contributed by atoms with Gasteiger partial charge in [-0.2, -0.15) is 5.10 Å². The fourth-order valence-corrected chi connectivity index (χ4v) is 5.46. The van der Waals surface area contributed by atoms with Crippen molar-refractivity contribution in [3.63, 3.8) is 0 Å². The second kappa shape index (κ2) is 5.10. The molecule has 1 atom stereocenters. The highest BCUT2D eigenvalue weighted by molar-refractivity contribution is 7.91. The molecule has 0 bridgehead atoms. The number of para-hydroxylation sites is 1. The zero-order chi connectivity index (χ0) is 15.1. The van der Waals surface area contributed by atoms with Gasteiger partial charge in [-0.3, -0.25) is 4.68 Å². The van der Waals surface area contributed by atoms with Gasteiger partial charge in [0.15, 0.2) is 9.84 Å². The number of aryl methyl sites for hydroxylation is 1. The number of nitrogens with zero attached hydrogens (tertiary/aromatic N) is 2. The van der Waals surface area contributed by atoms with Gasteiger partial charge in [-0.25, -0.2) is 8.42 Å². The van der Waals surface area contributed by atoms with E-state index in [4.69, 9.17) is 5.73 Å². The van der Waals surface area contributed by atoms with Crippen LogP contribution in [0.2, 0.25) is 0 Å². The maximum Gasteiger partial charge on any atom is 0.150 e. The molecule has 2 aromatic rings. The molecule has 1 aliphatic rings. The van der Waals surface area contributed by atoms with E-state index in [9.17, 15) is 8.42 Å². The Balaban J connectivity index is 2.02. The molecule has 0 amide bonds. The number of nitrogens with two attached hydrogens (primary N) is 1. The Morgan fingerprint density at radius 3 is 2.76 bits per heavy atom. The van der Waals surface area contributed by atoms with E-state index in [-0.39, 0.29) is 16.9 Å². The summed E-state index contributed by atoms with van der Waals surface area (Å²) in [5.74, 6) is 0.431. The molecule has 0 saturated carbocycles. The number of fused-ring (bicyclic) bond motifs is 1. The predicted octanol–water partition coefficient (Wildman–Crippen LogP) is 1.36. The normalized spacial score (nSPS) is 24.7. The largest absolute Gasteiger partial charge is 0.330 e. The lowest BCUT2D eigenvalue weighted by molar-refractivity contribution is 0.340. The van der Waals surface area contributed by atoms with Crippen LogP contribution < -0.4 is 5.73 Å². The zero-order valence-corrected chi connectivity index (χ0v) is 13.1. The van der Waals surface area contributed by atoms with E-state index in [1.807, 2.05) is 16.8 Å². The summed E-state index contributed by atoms with van der Waals surface area (Å²) >= 11 is 0. The van der Waals surface area contributed by atoms with Crippen molar-refractivity contribution in [2.45, 2.75) is 26.3 Å². The minimum Gasteiger partial charge on any atom is -0.330 e. The molecule has 3 rings (SSSR count). The van der Waals surface area contributed by atoms with Crippen LogP contribution in [0.3, 0.4) is 0 Å². The Hall–Kier alpha value is -1.40. The van der Waals surface area contributed by atoms with Crippen molar-refractivity contribution < 1.29 is 8.42 Å². The molecule has 1 saturated heterocycles. The molecule has 114 valence electrons. The molecule has 0 radical (unpaired) electrons. The summed E-state index contributed by atoms with van der Waals surface area (Å²) in [6.07, 6.45) is 1.27. The minimum atomic E-state index is -2.95. The van der Waals surface area contributed by atoms with E-state index in [2.05, 4.69) is 24.2 Å². The third-order valence-corrected chi connectivity index (χ3v) is 6.36. The first-order valence-electron chi connectivity index (χ1n) is 7.33. The topological polar surface area (TPSA) is 78.0 Å². The Morgan fingerprint density at radius 2 is 2.14 bits per heavy atom. The fourth-order valence-electron chi connectivity index (χ4n) is 3.28. The molecule has 0 aliphatic carbocycles. The Morgan fingerprint density at radius 1 is 1.38 bits per heavy atom. The van der Waals surface area contributed by atoms with Crippen LogP contribution in [0.5, 0.6) is 0 Å². The predicted molar refractivity (Wildman–Crippen MR) is 83.9 cm³/mol. The van der Waals surface area contributed by atoms with Crippen LogP contribution in [0.25, 0.3) is 10.9 Å². The number of sulfone groups is 1. The van der Waals surface area contributed by atoms with Gasteiger partial charge in [0.2, 0.25) is 0 Å². The van der Waals surface area contributed by atoms with E-state index in [1.54, 1.807) is 0 Å². The van der Waals surface area contributed by atoms with E-state index in [0.717, 1.165) is 23.1 Å². The summed E-state index contributed by atoms with van der Waals surface area (Å²) in [5, 5.41) is 5.79. The van der Waals surface area contributed by atoms with Gasteiger partial charge in [-0.05, 0) is 32.4 Å². The molecule has 1 aliphatic heterocycles. The number of hydrogen-bond donors (Lipinski definition) is 1. The molecular weight excluding hydrogens is 286 g/mol. The summed E-state index contributed by atoms with van der Waals surface area (Å²) in [6, 6.07) is 8.10. The second-order valence-corrected chi connectivity index (χ2v) is 8.19. The Labute approximate surface area is 125 Å². The van der Waals surface area contributed by atoms with Crippen molar-refractivity contribution in [3.8, 4) is 0 Å². The lowest BCUT2D eigenvalue weighted by Crippen LogP contribution is -2.34. The molecule has 0 spiro atoms. The number of benzene rings is 1. The summed E-state index contributed by atoms with van der Waals surface area (Å²) in [6.45, 7) is 3.25. The van der Waals surface area contributed by atoms with Gasteiger partial charge in [-0.15, -0.1) is 0 Å². The van der Waals surface area contributed by atoms with Gasteiger partial charge in [-0.1, -0.05) is 18.2 Å². The molecule has 2 N–H and O–H groups in total. The fraction of sp³-hybridized carbons (Fsp3) is 0.533. The van der Waals surface area contributed by atoms with Gasteiger partial charge in [0, 0.05) is 17.3 Å². The molecular formula is C15H21N3O2S. The van der Waals surface area contributed by atoms with Crippen molar-refractivity contribution in [1.29, 1.82) is 0 Å². The highest BCUT2D eigenvalue weighted by Gasteiger charge is 2.42. The van der Waals surface area contributed by atoms with E-state index in [0.29, 0.717) is 19.4 Å².